The normalized spacial score (nSPS) is 14.9. The van der Waals surface area contributed by atoms with Crippen molar-refractivity contribution in [2.75, 3.05) is 24.4 Å². The summed E-state index contributed by atoms with van der Waals surface area (Å²) in [6.45, 7) is 3.73. The van der Waals surface area contributed by atoms with Gasteiger partial charge >= 0.3 is 0 Å². The molecule has 1 amide bonds. The molecule has 1 heterocycles. The Morgan fingerprint density at radius 2 is 1.96 bits per heavy atom. The van der Waals surface area contributed by atoms with Crippen molar-refractivity contribution in [1.82, 2.24) is 0 Å². The molecule has 28 heavy (non-hydrogen) atoms. The number of amides is 1. The standard InChI is InChI=1S/C19H20BrN3O5/c1-19(2)18(24)22(3)17-12(13(20)6-7-14(17)21-19)10-28-16-9-11(23(25)26)5-8-15(16)27-4/h5-9,21H,10H2,1-4H3. The van der Waals surface area contributed by atoms with Crippen LogP contribution in [0.2, 0.25) is 0 Å². The second-order valence-corrected chi connectivity index (χ2v) is 7.77. The van der Waals surface area contributed by atoms with Gasteiger partial charge in [0, 0.05) is 23.2 Å². The van der Waals surface area contributed by atoms with Crippen LogP contribution in [0.15, 0.2) is 34.8 Å². The van der Waals surface area contributed by atoms with Gasteiger partial charge < -0.3 is 19.7 Å². The predicted octanol–water partition coefficient (Wildman–Crippen LogP) is 4.11. The number of carbonyl (C=O) groups excluding carboxylic acids is 1. The second kappa shape index (κ2) is 7.31. The zero-order valence-corrected chi connectivity index (χ0v) is 17.5. The number of anilines is 2. The lowest BCUT2D eigenvalue weighted by atomic mass is 9.97. The molecule has 0 radical (unpaired) electrons. The minimum absolute atomic E-state index is 0.0766. The lowest BCUT2D eigenvalue weighted by molar-refractivity contribution is -0.385. The highest BCUT2D eigenvalue weighted by molar-refractivity contribution is 9.10. The molecule has 2 aromatic rings. The lowest BCUT2D eigenvalue weighted by Crippen LogP contribution is -2.52. The third-order valence-corrected chi connectivity index (χ3v) is 5.32. The number of methoxy groups -OCH3 is 1. The molecule has 0 bridgehead atoms. The number of nitro groups is 1. The highest BCUT2D eigenvalue weighted by Gasteiger charge is 2.38. The Morgan fingerprint density at radius 3 is 2.61 bits per heavy atom. The number of likely N-dealkylation sites (N-methyl/N-ethyl adjacent to an activating group) is 1. The molecule has 148 valence electrons. The van der Waals surface area contributed by atoms with Crippen LogP contribution in [0.3, 0.4) is 0 Å². The number of nitro benzene ring substituents is 1. The van der Waals surface area contributed by atoms with Gasteiger partial charge in [0.15, 0.2) is 11.5 Å². The van der Waals surface area contributed by atoms with E-state index < -0.39 is 10.5 Å². The fourth-order valence-electron chi connectivity index (χ4n) is 3.19. The summed E-state index contributed by atoms with van der Waals surface area (Å²) in [6, 6.07) is 7.92. The number of fused-ring (bicyclic) bond motifs is 1. The number of ether oxygens (including phenoxy) is 2. The SMILES string of the molecule is COc1ccc([N+](=O)[O-])cc1OCc1c(Br)ccc2c1N(C)C(=O)C(C)(C)N2. The van der Waals surface area contributed by atoms with E-state index >= 15 is 0 Å². The minimum atomic E-state index is -0.725. The van der Waals surface area contributed by atoms with E-state index in [1.165, 1.54) is 25.3 Å². The molecule has 2 aromatic carbocycles. The molecule has 0 atom stereocenters. The third kappa shape index (κ3) is 3.49. The van der Waals surface area contributed by atoms with Gasteiger partial charge in [-0.3, -0.25) is 14.9 Å². The van der Waals surface area contributed by atoms with Crippen molar-refractivity contribution < 1.29 is 19.2 Å². The number of carbonyl (C=O) groups is 1. The molecule has 1 aliphatic heterocycles. The number of hydrogen-bond acceptors (Lipinski definition) is 6. The van der Waals surface area contributed by atoms with Gasteiger partial charge in [0.1, 0.15) is 12.1 Å². The minimum Gasteiger partial charge on any atom is -0.493 e. The third-order valence-electron chi connectivity index (χ3n) is 4.58. The van der Waals surface area contributed by atoms with E-state index in [0.717, 1.165) is 15.7 Å². The van der Waals surface area contributed by atoms with Crippen LogP contribution < -0.4 is 19.7 Å². The maximum Gasteiger partial charge on any atom is 0.273 e. The van der Waals surface area contributed by atoms with Crippen molar-refractivity contribution in [3.63, 3.8) is 0 Å². The molecule has 0 spiro atoms. The van der Waals surface area contributed by atoms with Gasteiger partial charge in [0.05, 0.1) is 29.5 Å². The highest BCUT2D eigenvalue weighted by atomic mass is 79.9. The molecule has 0 aliphatic carbocycles. The fourth-order valence-corrected chi connectivity index (χ4v) is 3.62. The molecule has 0 unspecified atom stereocenters. The van der Waals surface area contributed by atoms with E-state index in [2.05, 4.69) is 21.2 Å². The molecule has 9 heteroatoms. The van der Waals surface area contributed by atoms with Crippen LogP contribution >= 0.6 is 15.9 Å². The zero-order chi connectivity index (χ0) is 20.6. The zero-order valence-electron chi connectivity index (χ0n) is 15.9. The first-order chi connectivity index (χ1) is 13.2. The quantitative estimate of drug-likeness (QED) is 0.545. The largest absolute Gasteiger partial charge is 0.493 e. The summed E-state index contributed by atoms with van der Waals surface area (Å²) in [5.41, 5.74) is 1.42. The van der Waals surface area contributed by atoms with E-state index in [0.29, 0.717) is 11.4 Å². The Hall–Kier alpha value is -2.81. The molecule has 0 saturated carbocycles. The Labute approximate surface area is 170 Å². The summed E-state index contributed by atoms with van der Waals surface area (Å²) in [5.74, 6) is 0.557. The number of nitrogens with one attached hydrogen (secondary N) is 1. The Balaban J connectivity index is 1.98. The summed E-state index contributed by atoms with van der Waals surface area (Å²) in [5, 5.41) is 14.3. The average molecular weight is 450 g/mol. The number of hydrogen-bond donors (Lipinski definition) is 1. The Kier molecular flexibility index (Phi) is 5.20. The first-order valence-electron chi connectivity index (χ1n) is 8.48. The second-order valence-electron chi connectivity index (χ2n) is 6.92. The van der Waals surface area contributed by atoms with Crippen LogP contribution in [0.4, 0.5) is 17.1 Å². The van der Waals surface area contributed by atoms with Gasteiger partial charge in [-0.2, -0.15) is 0 Å². The van der Waals surface area contributed by atoms with E-state index in [-0.39, 0.29) is 24.0 Å². The van der Waals surface area contributed by atoms with Crippen molar-refractivity contribution in [2.45, 2.75) is 26.0 Å². The van der Waals surface area contributed by atoms with Gasteiger partial charge in [-0.05, 0) is 32.0 Å². The summed E-state index contributed by atoms with van der Waals surface area (Å²) in [4.78, 5) is 24.8. The van der Waals surface area contributed by atoms with Crippen LogP contribution in [0.25, 0.3) is 0 Å². The van der Waals surface area contributed by atoms with Crippen LogP contribution in [0.1, 0.15) is 19.4 Å². The molecule has 1 N–H and O–H groups in total. The van der Waals surface area contributed by atoms with Gasteiger partial charge in [0.25, 0.3) is 11.6 Å². The Morgan fingerprint density at radius 1 is 1.25 bits per heavy atom. The van der Waals surface area contributed by atoms with Gasteiger partial charge in [-0.25, -0.2) is 0 Å². The van der Waals surface area contributed by atoms with E-state index in [1.54, 1.807) is 11.9 Å². The van der Waals surface area contributed by atoms with Crippen molar-refractivity contribution >= 4 is 38.9 Å². The van der Waals surface area contributed by atoms with Crippen molar-refractivity contribution in [3.8, 4) is 11.5 Å². The number of benzene rings is 2. The predicted molar refractivity (Wildman–Crippen MR) is 109 cm³/mol. The first-order valence-corrected chi connectivity index (χ1v) is 9.28. The average Bonchev–Trinajstić information content (AvgIpc) is 2.65. The number of nitrogens with zero attached hydrogens (tertiary/aromatic N) is 2. The summed E-state index contributed by atoms with van der Waals surface area (Å²) < 4.78 is 11.9. The molecule has 3 rings (SSSR count). The smallest absolute Gasteiger partial charge is 0.273 e. The van der Waals surface area contributed by atoms with Crippen LogP contribution in [-0.2, 0) is 11.4 Å². The van der Waals surface area contributed by atoms with Gasteiger partial charge in [-0.1, -0.05) is 15.9 Å². The van der Waals surface area contributed by atoms with Crippen molar-refractivity contribution in [2.24, 2.45) is 0 Å². The molecular formula is C19H20BrN3O5. The van der Waals surface area contributed by atoms with Gasteiger partial charge in [-0.15, -0.1) is 0 Å². The molecule has 0 saturated heterocycles. The maximum atomic E-state index is 12.7. The topological polar surface area (TPSA) is 93.9 Å². The monoisotopic (exact) mass is 449 g/mol. The molecule has 0 aromatic heterocycles. The van der Waals surface area contributed by atoms with Gasteiger partial charge in [0.2, 0.25) is 0 Å². The van der Waals surface area contributed by atoms with Crippen LogP contribution in [0, 0.1) is 10.1 Å². The Bertz CT molecular complexity index is 961. The number of non-ortho nitro benzene ring substituents is 1. The molecule has 1 aliphatic rings. The lowest BCUT2D eigenvalue weighted by Gasteiger charge is -2.39. The van der Waals surface area contributed by atoms with Crippen molar-refractivity contribution in [1.29, 1.82) is 0 Å². The summed E-state index contributed by atoms with van der Waals surface area (Å²) in [6.07, 6.45) is 0. The number of halogens is 1. The van der Waals surface area contributed by atoms with Crippen molar-refractivity contribution in [3.05, 3.63) is 50.5 Å². The van der Waals surface area contributed by atoms with Crippen LogP contribution in [0.5, 0.6) is 11.5 Å². The van der Waals surface area contributed by atoms with E-state index in [1.807, 2.05) is 26.0 Å². The van der Waals surface area contributed by atoms with Crippen LogP contribution in [-0.4, -0.2) is 30.5 Å². The van der Waals surface area contributed by atoms with E-state index in [4.69, 9.17) is 9.47 Å². The molecular weight excluding hydrogens is 430 g/mol. The molecule has 8 nitrogen and oxygen atoms in total. The fraction of sp³-hybridized carbons (Fsp3) is 0.316. The number of rotatable bonds is 5. The molecule has 0 fully saturated rings. The summed E-state index contributed by atoms with van der Waals surface area (Å²) >= 11 is 3.51. The summed E-state index contributed by atoms with van der Waals surface area (Å²) in [7, 11) is 3.18. The van der Waals surface area contributed by atoms with E-state index in [9.17, 15) is 14.9 Å². The first kappa shape index (κ1) is 19.9. The maximum absolute atomic E-state index is 12.7. The highest BCUT2D eigenvalue weighted by Crippen LogP contribution is 2.41.